The quantitative estimate of drug-likeness (QED) is 0.760. The summed E-state index contributed by atoms with van der Waals surface area (Å²) in [6.07, 6.45) is 5.21. The number of pyridine rings is 1. The van der Waals surface area contributed by atoms with Crippen molar-refractivity contribution >= 4 is 22.7 Å². The van der Waals surface area contributed by atoms with Gasteiger partial charge in [0.25, 0.3) is 0 Å². The third-order valence-corrected chi connectivity index (χ3v) is 3.26. The summed E-state index contributed by atoms with van der Waals surface area (Å²) in [5, 5.41) is 0.942. The van der Waals surface area contributed by atoms with E-state index in [2.05, 4.69) is 19.9 Å². The number of methoxy groups -OCH3 is 1. The van der Waals surface area contributed by atoms with Gasteiger partial charge in [0.2, 0.25) is 5.95 Å². The van der Waals surface area contributed by atoms with E-state index in [-0.39, 0.29) is 5.95 Å². The standard InChI is InChI=1S/C14H16N6O/c1-20(2)12-10(21-3)7-18-13-11(12)8(6-17-13)9-4-5-16-14(15)19-9/h4-7H,1-3H3,(H,17,18)(H2,15,16,19). The molecule has 3 aromatic heterocycles. The molecule has 0 aliphatic carbocycles. The predicted molar refractivity (Wildman–Crippen MR) is 82.4 cm³/mol. The first-order valence-corrected chi connectivity index (χ1v) is 6.42. The van der Waals surface area contributed by atoms with Crippen molar-refractivity contribution in [2.75, 3.05) is 31.8 Å². The Bertz CT molecular complexity index is 795. The molecule has 0 aliphatic rings. The zero-order chi connectivity index (χ0) is 15.0. The highest BCUT2D eigenvalue weighted by Crippen LogP contribution is 2.39. The molecule has 0 fully saturated rings. The van der Waals surface area contributed by atoms with Crippen LogP contribution in [0.3, 0.4) is 0 Å². The topological polar surface area (TPSA) is 92.9 Å². The van der Waals surface area contributed by atoms with Gasteiger partial charge in [0.1, 0.15) is 5.65 Å². The summed E-state index contributed by atoms with van der Waals surface area (Å²) in [5.74, 6) is 0.944. The van der Waals surface area contributed by atoms with Crippen molar-refractivity contribution in [3.8, 4) is 17.0 Å². The van der Waals surface area contributed by atoms with Gasteiger partial charge in [-0.2, -0.15) is 0 Å². The average Bonchev–Trinajstić information content (AvgIpc) is 2.89. The summed E-state index contributed by atoms with van der Waals surface area (Å²) in [6, 6.07) is 1.82. The summed E-state index contributed by atoms with van der Waals surface area (Å²) < 4.78 is 5.42. The van der Waals surface area contributed by atoms with Gasteiger partial charge < -0.3 is 20.4 Å². The van der Waals surface area contributed by atoms with Crippen molar-refractivity contribution in [3.63, 3.8) is 0 Å². The first-order valence-electron chi connectivity index (χ1n) is 6.42. The Morgan fingerprint density at radius 1 is 1.29 bits per heavy atom. The summed E-state index contributed by atoms with van der Waals surface area (Å²) in [7, 11) is 5.55. The maximum absolute atomic E-state index is 5.68. The van der Waals surface area contributed by atoms with Crippen LogP contribution in [0.2, 0.25) is 0 Å². The zero-order valence-corrected chi connectivity index (χ0v) is 12.1. The van der Waals surface area contributed by atoms with Crippen LogP contribution in [-0.4, -0.2) is 41.1 Å². The van der Waals surface area contributed by atoms with Crippen molar-refractivity contribution in [3.05, 3.63) is 24.7 Å². The second-order valence-corrected chi connectivity index (χ2v) is 4.80. The van der Waals surface area contributed by atoms with Crippen LogP contribution in [0.15, 0.2) is 24.7 Å². The van der Waals surface area contributed by atoms with Crippen molar-refractivity contribution in [1.29, 1.82) is 0 Å². The van der Waals surface area contributed by atoms with Crippen LogP contribution < -0.4 is 15.4 Å². The number of nitrogen functional groups attached to an aromatic ring is 1. The summed E-state index contributed by atoms with van der Waals surface area (Å²) >= 11 is 0. The van der Waals surface area contributed by atoms with E-state index >= 15 is 0 Å². The maximum Gasteiger partial charge on any atom is 0.220 e. The summed E-state index contributed by atoms with van der Waals surface area (Å²) in [5.41, 5.74) is 9.04. The third-order valence-electron chi connectivity index (χ3n) is 3.26. The molecule has 3 heterocycles. The van der Waals surface area contributed by atoms with Gasteiger partial charge in [-0.05, 0) is 6.07 Å². The molecule has 7 heteroatoms. The lowest BCUT2D eigenvalue weighted by molar-refractivity contribution is 0.414. The number of aromatic nitrogens is 4. The van der Waals surface area contributed by atoms with E-state index in [4.69, 9.17) is 10.5 Å². The van der Waals surface area contributed by atoms with Gasteiger partial charge in [0.05, 0.1) is 30.1 Å². The number of aromatic amines is 1. The molecule has 3 rings (SSSR count). The first-order chi connectivity index (χ1) is 10.1. The summed E-state index contributed by atoms with van der Waals surface area (Å²) in [6.45, 7) is 0. The number of nitrogens with two attached hydrogens (primary N) is 1. The molecule has 7 nitrogen and oxygen atoms in total. The van der Waals surface area contributed by atoms with Gasteiger partial charge in [-0.3, -0.25) is 0 Å². The molecular formula is C14H16N6O. The van der Waals surface area contributed by atoms with E-state index in [0.29, 0.717) is 5.75 Å². The number of H-pyrrole nitrogens is 1. The highest BCUT2D eigenvalue weighted by molar-refractivity contribution is 6.03. The highest BCUT2D eigenvalue weighted by atomic mass is 16.5. The Labute approximate surface area is 121 Å². The number of nitrogens with zero attached hydrogens (tertiary/aromatic N) is 4. The molecule has 0 saturated carbocycles. The predicted octanol–water partition coefficient (Wildman–Crippen LogP) is 1.68. The Morgan fingerprint density at radius 2 is 2.10 bits per heavy atom. The zero-order valence-electron chi connectivity index (χ0n) is 12.1. The number of hydrogen-bond donors (Lipinski definition) is 2. The minimum atomic E-state index is 0.240. The largest absolute Gasteiger partial charge is 0.493 e. The molecule has 3 aromatic rings. The lowest BCUT2D eigenvalue weighted by Crippen LogP contribution is -2.11. The van der Waals surface area contributed by atoms with Gasteiger partial charge in [-0.15, -0.1) is 0 Å². The van der Waals surface area contributed by atoms with Crippen LogP contribution in [-0.2, 0) is 0 Å². The van der Waals surface area contributed by atoms with Gasteiger partial charge >= 0.3 is 0 Å². The van der Waals surface area contributed by atoms with Gasteiger partial charge in [0, 0.05) is 32.1 Å². The average molecular weight is 284 g/mol. The number of rotatable bonds is 3. The van der Waals surface area contributed by atoms with Gasteiger partial charge in [-0.25, -0.2) is 15.0 Å². The van der Waals surface area contributed by atoms with Crippen LogP contribution in [0, 0.1) is 0 Å². The van der Waals surface area contributed by atoms with E-state index in [9.17, 15) is 0 Å². The Hall–Kier alpha value is -2.83. The summed E-state index contributed by atoms with van der Waals surface area (Å²) in [4.78, 5) is 17.7. The molecule has 0 amide bonds. The minimum absolute atomic E-state index is 0.240. The molecule has 21 heavy (non-hydrogen) atoms. The highest BCUT2D eigenvalue weighted by Gasteiger charge is 2.18. The molecule has 0 atom stereocenters. The van der Waals surface area contributed by atoms with Crippen LogP contribution in [0.25, 0.3) is 22.3 Å². The Kier molecular flexibility index (Phi) is 3.09. The molecule has 0 spiro atoms. The van der Waals surface area contributed by atoms with Crippen LogP contribution in [0.5, 0.6) is 5.75 Å². The third kappa shape index (κ3) is 2.12. The number of anilines is 2. The van der Waals surface area contributed by atoms with Crippen LogP contribution in [0.1, 0.15) is 0 Å². The fraction of sp³-hybridized carbons (Fsp3) is 0.214. The number of nitrogens with one attached hydrogen (secondary N) is 1. The van der Waals surface area contributed by atoms with E-state index in [1.807, 2.05) is 31.3 Å². The molecule has 0 aromatic carbocycles. The fourth-order valence-corrected chi connectivity index (χ4v) is 2.38. The van der Waals surface area contributed by atoms with E-state index in [1.54, 1.807) is 19.5 Å². The molecule has 0 aliphatic heterocycles. The molecule has 0 bridgehead atoms. The normalized spacial score (nSPS) is 10.8. The van der Waals surface area contributed by atoms with E-state index in [1.165, 1.54) is 0 Å². The molecule has 3 N–H and O–H groups in total. The van der Waals surface area contributed by atoms with Crippen molar-refractivity contribution < 1.29 is 4.74 Å². The Morgan fingerprint density at radius 3 is 2.76 bits per heavy atom. The molecule has 0 radical (unpaired) electrons. The van der Waals surface area contributed by atoms with Crippen LogP contribution >= 0.6 is 0 Å². The van der Waals surface area contributed by atoms with Crippen LogP contribution in [0.4, 0.5) is 11.6 Å². The second-order valence-electron chi connectivity index (χ2n) is 4.80. The molecular weight excluding hydrogens is 268 g/mol. The smallest absolute Gasteiger partial charge is 0.220 e. The lowest BCUT2D eigenvalue weighted by atomic mass is 10.1. The maximum atomic E-state index is 5.68. The number of fused-ring (bicyclic) bond motifs is 1. The number of hydrogen-bond acceptors (Lipinski definition) is 6. The van der Waals surface area contributed by atoms with Crippen molar-refractivity contribution in [1.82, 2.24) is 19.9 Å². The van der Waals surface area contributed by atoms with Gasteiger partial charge in [-0.1, -0.05) is 0 Å². The monoisotopic (exact) mass is 284 g/mol. The van der Waals surface area contributed by atoms with E-state index < -0.39 is 0 Å². The Balaban J connectivity index is 2.34. The van der Waals surface area contributed by atoms with Gasteiger partial charge in [0.15, 0.2) is 5.75 Å². The SMILES string of the molecule is COc1cnc2[nH]cc(-c3ccnc(N)n3)c2c1N(C)C. The van der Waals surface area contributed by atoms with Crippen molar-refractivity contribution in [2.24, 2.45) is 0 Å². The first kappa shape index (κ1) is 13.2. The lowest BCUT2D eigenvalue weighted by Gasteiger charge is -2.18. The molecule has 0 saturated heterocycles. The van der Waals surface area contributed by atoms with Crippen molar-refractivity contribution in [2.45, 2.75) is 0 Å². The fourth-order valence-electron chi connectivity index (χ4n) is 2.38. The molecule has 0 unspecified atom stereocenters. The number of ether oxygens (including phenoxy) is 1. The minimum Gasteiger partial charge on any atom is -0.493 e. The van der Waals surface area contributed by atoms with E-state index in [0.717, 1.165) is 28.0 Å². The molecule has 108 valence electrons. The second kappa shape index (κ2) is 4.93.